The second-order valence-corrected chi connectivity index (χ2v) is 13.6. The van der Waals surface area contributed by atoms with E-state index in [4.69, 9.17) is 14.2 Å². The minimum absolute atomic E-state index is 0.0556. The Hall–Kier alpha value is -3.42. The molecule has 0 bridgehead atoms. The van der Waals surface area contributed by atoms with Crippen LogP contribution in [0.15, 0.2) is 24.5 Å². The number of carbonyl (C=O) groups excluding carboxylic acids is 2. The smallest absolute Gasteiger partial charge is 0.293 e. The summed E-state index contributed by atoms with van der Waals surface area (Å²) in [4.78, 5) is 37.4. The molecule has 260 valence electrons. The molecule has 47 heavy (non-hydrogen) atoms. The molecule has 1 amide bonds. The van der Waals surface area contributed by atoms with Crippen molar-refractivity contribution in [1.29, 1.82) is 0 Å². The number of ether oxygens (including phenoxy) is 3. The first-order valence-corrected chi connectivity index (χ1v) is 16.7. The number of methoxy groups -OCH3 is 1. The van der Waals surface area contributed by atoms with Gasteiger partial charge < -0.3 is 28.9 Å². The van der Waals surface area contributed by atoms with Crippen LogP contribution < -0.4 is 9.64 Å². The first-order valence-electron chi connectivity index (χ1n) is 16.7. The van der Waals surface area contributed by atoms with Gasteiger partial charge in [0.2, 0.25) is 0 Å². The molecule has 2 aliphatic heterocycles. The predicted molar refractivity (Wildman–Crippen MR) is 177 cm³/mol. The van der Waals surface area contributed by atoms with Gasteiger partial charge in [0.05, 0.1) is 12.2 Å². The van der Waals surface area contributed by atoms with Crippen LogP contribution in [-0.4, -0.2) is 127 Å². The van der Waals surface area contributed by atoms with Crippen LogP contribution in [-0.2, 0) is 14.3 Å². The average molecular weight is 658 g/mol. The largest absolute Gasteiger partial charge is 0.461 e. The molecule has 0 radical (unpaired) electrons. The van der Waals surface area contributed by atoms with Gasteiger partial charge in [-0.3, -0.25) is 14.5 Å². The monoisotopic (exact) mass is 657 g/mol. The molecular weight excluding hydrogens is 605 g/mol. The van der Waals surface area contributed by atoms with E-state index in [0.29, 0.717) is 43.9 Å². The number of likely N-dealkylation sites (N-methyl/N-ethyl adjacent to an activating group) is 1. The van der Waals surface area contributed by atoms with Gasteiger partial charge in [-0.15, -0.1) is 10.2 Å². The summed E-state index contributed by atoms with van der Waals surface area (Å²) in [5, 5.41) is 8.21. The average Bonchev–Trinajstić information content (AvgIpc) is 3.46. The number of likely N-dealkylation sites (tertiary alicyclic amines) is 1. The summed E-state index contributed by atoms with van der Waals surface area (Å²) in [5.41, 5.74) is 0.293. The molecule has 1 spiro atoms. The Morgan fingerprint density at radius 1 is 1.19 bits per heavy atom. The van der Waals surface area contributed by atoms with E-state index in [1.54, 1.807) is 12.0 Å². The molecule has 0 N–H and O–H groups in total. The van der Waals surface area contributed by atoms with E-state index in [9.17, 15) is 14.0 Å². The summed E-state index contributed by atoms with van der Waals surface area (Å²) in [5.74, 6) is 0.693. The summed E-state index contributed by atoms with van der Waals surface area (Å²) < 4.78 is 30.8. The lowest BCUT2D eigenvalue weighted by Gasteiger charge is -2.53. The summed E-state index contributed by atoms with van der Waals surface area (Å²) in [6, 6.07) is 4.37. The van der Waals surface area contributed by atoms with Gasteiger partial charge >= 0.3 is 0 Å². The topological polar surface area (TPSA) is 113 Å². The maximum absolute atomic E-state index is 14.3. The van der Waals surface area contributed by atoms with Gasteiger partial charge in [-0.2, -0.15) is 0 Å². The summed E-state index contributed by atoms with van der Waals surface area (Å²) in [6.07, 6.45) is 4.30. The van der Waals surface area contributed by atoms with Crippen molar-refractivity contribution in [2.24, 2.45) is 11.3 Å². The number of hydrogen-bond acceptors (Lipinski definition) is 11. The first kappa shape index (κ1) is 36.4. The van der Waals surface area contributed by atoms with Crippen LogP contribution >= 0.6 is 0 Å². The number of anilines is 1. The zero-order valence-corrected chi connectivity index (χ0v) is 29.0. The van der Waals surface area contributed by atoms with E-state index in [1.807, 2.05) is 27.8 Å². The molecule has 2 fully saturated rings. The second-order valence-electron chi connectivity index (χ2n) is 13.6. The van der Waals surface area contributed by atoms with Crippen molar-refractivity contribution in [3.63, 3.8) is 0 Å². The zero-order valence-electron chi connectivity index (χ0n) is 29.0. The van der Waals surface area contributed by atoms with E-state index in [2.05, 4.69) is 43.7 Å². The van der Waals surface area contributed by atoms with Gasteiger partial charge in [-0.1, -0.05) is 13.8 Å². The lowest BCUT2D eigenvalue weighted by Crippen LogP contribution is -2.62. The van der Waals surface area contributed by atoms with Crippen molar-refractivity contribution >= 4 is 18.2 Å². The van der Waals surface area contributed by atoms with E-state index < -0.39 is 5.82 Å². The molecule has 2 atom stereocenters. The van der Waals surface area contributed by atoms with Crippen molar-refractivity contribution in [2.45, 2.75) is 72.1 Å². The summed E-state index contributed by atoms with van der Waals surface area (Å²) >= 11 is 0. The number of amides is 1. The van der Waals surface area contributed by atoms with E-state index in [1.165, 1.54) is 24.5 Å². The molecule has 1 aromatic heterocycles. The first-order chi connectivity index (χ1) is 22.5. The fraction of sp³-hybridized carbons (Fsp3) is 0.676. The van der Waals surface area contributed by atoms with Gasteiger partial charge in [0.15, 0.2) is 5.82 Å². The highest BCUT2D eigenvalue weighted by Crippen LogP contribution is 2.44. The van der Waals surface area contributed by atoms with Crippen LogP contribution in [0.2, 0.25) is 0 Å². The molecule has 12 nitrogen and oxygen atoms in total. The number of aromatic nitrogens is 3. The van der Waals surface area contributed by atoms with Crippen LogP contribution in [0.25, 0.3) is 0 Å². The Morgan fingerprint density at radius 2 is 1.96 bits per heavy atom. The lowest BCUT2D eigenvalue weighted by atomic mass is 9.76. The summed E-state index contributed by atoms with van der Waals surface area (Å²) in [7, 11) is 3.66. The maximum atomic E-state index is 14.3. The number of hydrogen-bond donors (Lipinski definition) is 0. The Kier molecular flexibility index (Phi) is 12.9. The molecule has 2 aromatic rings. The Labute approximate surface area is 278 Å². The number of carbonyl (C=O) groups is 2. The minimum Gasteiger partial charge on any atom is -0.461 e. The van der Waals surface area contributed by atoms with Crippen LogP contribution in [0.1, 0.15) is 64.2 Å². The van der Waals surface area contributed by atoms with Crippen LogP contribution in [0, 0.1) is 17.2 Å². The Morgan fingerprint density at radius 3 is 2.62 bits per heavy atom. The van der Waals surface area contributed by atoms with Gasteiger partial charge in [0.1, 0.15) is 24.0 Å². The quantitative estimate of drug-likeness (QED) is 0.216. The molecule has 0 unspecified atom stereocenters. The maximum Gasteiger partial charge on any atom is 0.293 e. The molecule has 2 aliphatic rings. The van der Waals surface area contributed by atoms with Crippen molar-refractivity contribution in [3.05, 3.63) is 35.9 Å². The Balaban J connectivity index is 1.37. The standard InChI is InChI=1S/C34H52FN7O5/c1-8-42(25(4)5)33(44)28-16-26(35)11-12-30(28)47-32-31(36-22-37-38-32)40-15-13-34(19-40)20-41(21-34)29(24(2)3)10-9-14-39(6)17-27(18-45-7)46-23-43/h11-12,16,22-25,27,29H,8-10,13-15,17-21H2,1-7H3/t27-,29+/m0/s1. The SMILES string of the molecule is CCN(C(=O)c1cc(F)ccc1Oc1nncnc1N1CCC2(C1)CN([C@H](CCCN(C)C[C@@H](COC)OC=O)C(C)C)C2)C(C)C. The van der Waals surface area contributed by atoms with Gasteiger partial charge in [0.25, 0.3) is 18.3 Å². The van der Waals surface area contributed by atoms with Crippen molar-refractivity contribution < 1.29 is 28.2 Å². The molecule has 1 aromatic carbocycles. The lowest BCUT2D eigenvalue weighted by molar-refractivity contribution is -0.136. The van der Waals surface area contributed by atoms with Gasteiger partial charge in [-0.05, 0) is 77.7 Å². The molecule has 2 saturated heterocycles. The number of benzene rings is 1. The van der Waals surface area contributed by atoms with Gasteiger partial charge in [-0.25, -0.2) is 9.37 Å². The number of rotatable bonds is 18. The minimum atomic E-state index is -0.513. The van der Waals surface area contributed by atoms with E-state index in [-0.39, 0.29) is 40.7 Å². The van der Waals surface area contributed by atoms with Crippen molar-refractivity contribution in [1.82, 2.24) is 29.9 Å². The van der Waals surface area contributed by atoms with Gasteiger partial charge in [0, 0.05) is 63.9 Å². The molecule has 0 saturated carbocycles. The third kappa shape index (κ3) is 9.14. The normalized spacial score (nSPS) is 17.3. The second kappa shape index (κ2) is 16.6. The number of nitrogens with zero attached hydrogens (tertiary/aromatic N) is 7. The van der Waals surface area contributed by atoms with E-state index in [0.717, 1.165) is 52.0 Å². The predicted octanol–water partition coefficient (Wildman–Crippen LogP) is 4.11. The third-order valence-electron chi connectivity index (χ3n) is 9.38. The highest BCUT2D eigenvalue weighted by atomic mass is 19.1. The van der Waals surface area contributed by atoms with Crippen LogP contribution in [0.3, 0.4) is 0 Å². The highest BCUT2D eigenvalue weighted by molar-refractivity contribution is 5.97. The Bertz CT molecular complexity index is 1330. The zero-order chi connectivity index (χ0) is 34.1. The molecule has 13 heteroatoms. The molecule has 0 aliphatic carbocycles. The number of halogens is 1. The van der Waals surface area contributed by atoms with E-state index >= 15 is 0 Å². The molecule has 3 heterocycles. The van der Waals surface area contributed by atoms with Crippen molar-refractivity contribution in [3.8, 4) is 11.6 Å². The third-order valence-corrected chi connectivity index (χ3v) is 9.38. The highest BCUT2D eigenvalue weighted by Gasteiger charge is 2.50. The van der Waals surface area contributed by atoms with Crippen LogP contribution in [0.4, 0.5) is 10.2 Å². The molecular formula is C34H52FN7O5. The van der Waals surface area contributed by atoms with Crippen LogP contribution in [0.5, 0.6) is 11.6 Å². The fourth-order valence-corrected chi connectivity index (χ4v) is 7.07. The van der Waals surface area contributed by atoms with Crippen molar-refractivity contribution in [2.75, 3.05) is 71.5 Å². The fourth-order valence-electron chi connectivity index (χ4n) is 7.07. The summed E-state index contributed by atoms with van der Waals surface area (Å²) in [6.45, 7) is 16.9. The molecule has 4 rings (SSSR count).